The molecular formula is C26H19N2O+. The number of hydrogen-bond acceptors (Lipinski definition) is 2. The summed E-state index contributed by atoms with van der Waals surface area (Å²) in [5, 5.41) is 0. The van der Waals surface area contributed by atoms with Crippen LogP contribution in [-0.4, -0.2) is 10.8 Å². The van der Waals surface area contributed by atoms with Gasteiger partial charge in [-0.1, -0.05) is 60.7 Å². The Kier molecular flexibility index (Phi) is 4.34. The first-order chi connectivity index (χ1) is 14.3. The van der Waals surface area contributed by atoms with Crippen LogP contribution in [0.15, 0.2) is 97.5 Å². The number of carbonyl (C=O) groups is 1. The van der Waals surface area contributed by atoms with Gasteiger partial charge in [0.05, 0.1) is 5.69 Å². The van der Waals surface area contributed by atoms with Crippen molar-refractivity contribution in [2.45, 2.75) is 6.54 Å². The highest BCUT2D eigenvalue weighted by molar-refractivity contribution is 6.05. The summed E-state index contributed by atoms with van der Waals surface area (Å²) in [6.07, 6.45) is 7.94. The summed E-state index contributed by atoms with van der Waals surface area (Å²) in [6, 6.07) is 26.0. The van der Waals surface area contributed by atoms with Crippen LogP contribution in [0.25, 0.3) is 22.9 Å². The summed E-state index contributed by atoms with van der Waals surface area (Å²) in [7, 11) is 0. The summed E-state index contributed by atoms with van der Waals surface area (Å²) in [4.78, 5) is 17.0. The van der Waals surface area contributed by atoms with E-state index in [0.29, 0.717) is 6.54 Å². The average molecular weight is 375 g/mol. The number of ketones is 1. The monoisotopic (exact) mass is 375 g/mol. The summed E-state index contributed by atoms with van der Waals surface area (Å²) >= 11 is 0. The van der Waals surface area contributed by atoms with Crippen molar-refractivity contribution in [2.24, 2.45) is 0 Å². The van der Waals surface area contributed by atoms with Gasteiger partial charge in [0.15, 0.2) is 12.4 Å². The Bertz CT molecular complexity index is 1180. The van der Waals surface area contributed by atoms with E-state index in [1.54, 1.807) is 0 Å². The molecule has 4 aromatic rings. The normalized spacial score (nSPS) is 13.2. The van der Waals surface area contributed by atoms with Crippen LogP contribution < -0.4 is 4.57 Å². The number of rotatable bonds is 4. The number of carbonyl (C=O) groups excluding carboxylic acids is 1. The standard InChI is InChI=1S/C26H19N2O/c29-25(20-7-2-1-3-8-20)18-28-15-12-19(13-16-28)17-24-21-9-4-5-10-22(21)26-23(24)11-6-14-27-26/h1-17H,18H2/q+1. The molecule has 2 aromatic heterocycles. The van der Waals surface area contributed by atoms with Gasteiger partial charge in [-0.3, -0.25) is 9.78 Å². The second-order valence-corrected chi connectivity index (χ2v) is 7.10. The number of Topliss-reactive ketones (excluding diaryl/α,β-unsaturated/α-hetero) is 1. The Labute approximate surface area is 169 Å². The molecule has 1 aliphatic carbocycles. The van der Waals surface area contributed by atoms with Gasteiger partial charge in [-0.05, 0) is 28.8 Å². The number of fused-ring (bicyclic) bond motifs is 3. The number of hydrogen-bond donors (Lipinski definition) is 0. The third kappa shape index (κ3) is 3.27. The van der Waals surface area contributed by atoms with Gasteiger partial charge >= 0.3 is 0 Å². The van der Waals surface area contributed by atoms with Crippen molar-refractivity contribution in [1.82, 2.24) is 4.98 Å². The quantitative estimate of drug-likeness (QED) is 0.333. The fourth-order valence-electron chi connectivity index (χ4n) is 3.78. The zero-order chi connectivity index (χ0) is 19.6. The minimum absolute atomic E-state index is 0.103. The maximum Gasteiger partial charge on any atom is 0.227 e. The molecule has 0 N–H and O–H groups in total. The van der Waals surface area contributed by atoms with Crippen molar-refractivity contribution in [2.75, 3.05) is 0 Å². The Morgan fingerprint density at radius 1 is 0.793 bits per heavy atom. The van der Waals surface area contributed by atoms with E-state index in [9.17, 15) is 4.79 Å². The number of nitrogens with zero attached hydrogens (tertiary/aromatic N) is 2. The van der Waals surface area contributed by atoms with Crippen LogP contribution in [0, 0.1) is 0 Å². The van der Waals surface area contributed by atoms with Gasteiger partial charge in [0.2, 0.25) is 12.3 Å². The van der Waals surface area contributed by atoms with E-state index in [1.807, 2.05) is 71.7 Å². The zero-order valence-electron chi connectivity index (χ0n) is 15.8. The molecule has 0 saturated carbocycles. The van der Waals surface area contributed by atoms with Crippen LogP contribution in [0.5, 0.6) is 0 Å². The summed E-state index contributed by atoms with van der Waals surface area (Å²) in [6.45, 7) is 0.330. The smallest absolute Gasteiger partial charge is 0.227 e. The van der Waals surface area contributed by atoms with E-state index < -0.39 is 0 Å². The summed E-state index contributed by atoms with van der Waals surface area (Å²) in [5.74, 6) is 0.103. The summed E-state index contributed by atoms with van der Waals surface area (Å²) < 4.78 is 1.91. The Morgan fingerprint density at radius 3 is 2.28 bits per heavy atom. The second kappa shape index (κ2) is 7.28. The van der Waals surface area contributed by atoms with Crippen LogP contribution in [0.4, 0.5) is 0 Å². The van der Waals surface area contributed by atoms with Gasteiger partial charge in [0.1, 0.15) is 0 Å². The fourth-order valence-corrected chi connectivity index (χ4v) is 3.78. The maximum absolute atomic E-state index is 12.4. The summed E-state index contributed by atoms with van der Waals surface area (Å²) in [5.41, 5.74) is 7.58. The van der Waals surface area contributed by atoms with Crippen LogP contribution in [0.3, 0.4) is 0 Å². The molecule has 0 unspecified atom stereocenters. The molecule has 5 rings (SSSR count). The molecule has 138 valence electrons. The molecule has 0 amide bonds. The molecular weight excluding hydrogens is 356 g/mol. The van der Waals surface area contributed by atoms with Gasteiger partial charge in [-0.15, -0.1) is 0 Å². The molecule has 0 aliphatic heterocycles. The second-order valence-electron chi connectivity index (χ2n) is 7.10. The minimum Gasteiger partial charge on any atom is -0.287 e. The van der Waals surface area contributed by atoms with Crippen molar-refractivity contribution in [1.29, 1.82) is 0 Å². The lowest BCUT2D eigenvalue weighted by atomic mass is 10.0. The Balaban J connectivity index is 1.44. The third-order valence-electron chi connectivity index (χ3n) is 5.22. The van der Waals surface area contributed by atoms with Crippen molar-refractivity contribution in [3.8, 4) is 11.3 Å². The lowest BCUT2D eigenvalue weighted by Gasteiger charge is -2.03. The average Bonchev–Trinajstić information content (AvgIpc) is 3.10. The van der Waals surface area contributed by atoms with Crippen molar-refractivity contribution in [3.05, 3.63) is 120 Å². The molecule has 2 heterocycles. The van der Waals surface area contributed by atoms with E-state index in [-0.39, 0.29) is 5.78 Å². The van der Waals surface area contributed by atoms with Crippen molar-refractivity contribution in [3.63, 3.8) is 0 Å². The zero-order valence-corrected chi connectivity index (χ0v) is 15.8. The fraction of sp³-hybridized carbons (Fsp3) is 0.0385. The molecule has 3 nitrogen and oxygen atoms in total. The number of pyridine rings is 2. The first-order valence-electron chi connectivity index (χ1n) is 9.64. The van der Waals surface area contributed by atoms with E-state index >= 15 is 0 Å². The van der Waals surface area contributed by atoms with Gasteiger partial charge in [-0.25, -0.2) is 0 Å². The first kappa shape index (κ1) is 17.3. The van der Waals surface area contributed by atoms with Crippen LogP contribution in [0.2, 0.25) is 0 Å². The molecule has 0 radical (unpaired) electrons. The molecule has 0 spiro atoms. The molecule has 0 saturated heterocycles. The Hall–Kier alpha value is -3.85. The molecule has 0 atom stereocenters. The lowest BCUT2D eigenvalue weighted by molar-refractivity contribution is -0.683. The molecule has 3 heteroatoms. The van der Waals surface area contributed by atoms with Crippen LogP contribution in [0.1, 0.15) is 27.0 Å². The maximum atomic E-state index is 12.4. The molecule has 2 aromatic carbocycles. The highest BCUT2D eigenvalue weighted by Crippen LogP contribution is 2.43. The van der Waals surface area contributed by atoms with Crippen LogP contribution in [-0.2, 0) is 6.54 Å². The van der Waals surface area contributed by atoms with E-state index in [2.05, 4.69) is 41.4 Å². The minimum atomic E-state index is 0.103. The van der Waals surface area contributed by atoms with Crippen molar-refractivity contribution >= 4 is 17.4 Å². The molecule has 1 aliphatic rings. The molecule has 0 fully saturated rings. The SMILES string of the molecule is O=C(C[n+]1ccc(/C=C2/c3ccccc3-c3ncccc32)cc1)c1ccccc1. The van der Waals surface area contributed by atoms with E-state index in [0.717, 1.165) is 22.4 Å². The molecule has 0 bridgehead atoms. The highest BCUT2D eigenvalue weighted by Gasteiger charge is 2.23. The topological polar surface area (TPSA) is 33.8 Å². The predicted molar refractivity (Wildman–Crippen MR) is 114 cm³/mol. The van der Waals surface area contributed by atoms with Gasteiger partial charge in [0, 0.05) is 35.0 Å². The predicted octanol–water partition coefficient (Wildman–Crippen LogP) is 4.82. The van der Waals surface area contributed by atoms with Gasteiger partial charge < -0.3 is 0 Å². The number of benzene rings is 2. The lowest BCUT2D eigenvalue weighted by Crippen LogP contribution is -2.37. The van der Waals surface area contributed by atoms with Crippen LogP contribution >= 0.6 is 0 Å². The van der Waals surface area contributed by atoms with Crippen molar-refractivity contribution < 1.29 is 9.36 Å². The van der Waals surface area contributed by atoms with E-state index in [1.165, 1.54) is 16.7 Å². The first-order valence-corrected chi connectivity index (χ1v) is 9.64. The van der Waals surface area contributed by atoms with Gasteiger partial charge in [-0.2, -0.15) is 4.57 Å². The third-order valence-corrected chi connectivity index (χ3v) is 5.22. The highest BCUT2D eigenvalue weighted by atomic mass is 16.1. The Morgan fingerprint density at radius 2 is 1.48 bits per heavy atom. The largest absolute Gasteiger partial charge is 0.287 e. The number of aromatic nitrogens is 2. The molecule has 29 heavy (non-hydrogen) atoms. The van der Waals surface area contributed by atoms with Gasteiger partial charge in [0.25, 0.3) is 0 Å². The van der Waals surface area contributed by atoms with E-state index in [4.69, 9.17) is 0 Å².